The number of nitrogens with one attached hydrogen (secondary N) is 1. The van der Waals surface area contributed by atoms with Gasteiger partial charge in [0.05, 0.1) is 5.69 Å². The second-order valence-electron chi connectivity index (χ2n) is 11.7. The highest BCUT2D eigenvalue weighted by Gasteiger charge is 2.37. The molecule has 1 saturated carbocycles. The van der Waals surface area contributed by atoms with E-state index in [1.807, 2.05) is 37.8 Å². The number of amides is 1. The second kappa shape index (κ2) is 12.0. The molecule has 2 heterocycles. The average molecular weight is 566 g/mol. The van der Waals surface area contributed by atoms with Gasteiger partial charge in [0.15, 0.2) is 5.82 Å². The first kappa shape index (κ1) is 28.7. The molecule has 1 aliphatic carbocycles. The minimum absolute atomic E-state index is 0.224. The van der Waals surface area contributed by atoms with Crippen LogP contribution in [0.5, 0.6) is 0 Å². The van der Waals surface area contributed by atoms with E-state index in [0.29, 0.717) is 56.1 Å². The molecule has 5 rings (SSSR count). The van der Waals surface area contributed by atoms with E-state index in [2.05, 4.69) is 5.32 Å². The minimum Gasteiger partial charge on any atom is -0.444 e. The summed E-state index contributed by atoms with van der Waals surface area (Å²) in [5.74, 6) is 0.125. The molecule has 2 fully saturated rings. The molecule has 2 atom stereocenters. The summed E-state index contributed by atoms with van der Waals surface area (Å²) in [5, 5.41) is 3.57. The Morgan fingerprint density at radius 2 is 1.63 bits per heavy atom. The van der Waals surface area contributed by atoms with Crippen molar-refractivity contribution < 1.29 is 18.3 Å². The first-order valence-electron chi connectivity index (χ1n) is 14.2. The molecule has 1 N–H and O–H groups in total. The van der Waals surface area contributed by atoms with Crippen molar-refractivity contribution in [1.82, 2.24) is 19.8 Å². The predicted molar refractivity (Wildman–Crippen MR) is 154 cm³/mol. The number of benzene rings is 2. The molecule has 1 aliphatic heterocycles. The van der Waals surface area contributed by atoms with E-state index >= 15 is 0 Å². The lowest BCUT2D eigenvalue weighted by atomic mass is 10.1. The predicted octanol–water partition coefficient (Wildman–Crippen LogP) is 4.65. The van der Waals surface area contributed by atoms with Crippen LogP contribution in [0.3, 0.4) is 0 Å². The van der Waals surface area contributed by atoms with Crippen LogP contribution in [0, 0.1) is 11.6 Å². The molecule has 0 radical (unpaired) electrons. The average Bonchev–Trinajstić information content (AvgIpc) is 3.71. The first-order valence-corrected chi connectivity index (χ1v) is 14.2. The van der Waals surface area contributed by atoms with Gasteiger partial charge in [0.25, 0.3) is 5.56 Å². The fourth-order valence-electron chi connectivity index (χ4n) is 5.13. The van der Waals surface area contributed by atoms with Crippen molar-refractivity contribution in [3.8, 4) is 5.69 Å². The van der Waals surface area contributed by atoms with Crippen molar-refractivity contribution in [2.45, 2.75) is 57.6 Å². The zero-order chi connectivity index (χ0) is 29.1. The zero-order valence-electron chi connectivity index (χ0n) is 23.8. The van der Waals surface area contributed by atoms with Crippen LogP contribution < -0.4 is 15.8 Å². The number of carbonyl (C=O) groups is 1. The van der Waals surface area contributed by atoms with Crippen molar-refractivity contribution in [3.63, 3.8) is 0 Å². The maximum atomic E-state index is 13.6. The summed E-state index contributed by atoms with van der Waals surface area (Å²) in [4.78, 5) is 34.4. The third-order valence-corrected chi connectivity index (χ3v) is 7.38. The smallest absolute Gasteiger partial charge is 0.410 e. The number of hydrogen-bond donors (Lipinski definition) is 1. The Kier molecular flexibility index (Phi) is 8.40. The van der Waals surface area contributed by atoms with Crippen LogP contribution in [0.15, 0.2) is 59.5 Å². The highest BCUT2D eigenvalue weighted by atomic mass is 19.1. The molecule has 8 nitrogen and oxygen atoms in total. The van der Waals surface area contributed by atoms with Gasteiger partial charge in [-0.15, -0.1) is 0 Å². The van der Waals surface area contributed by atoms with E-state index in [0.717, 1.165) is 30.6 Å². The molecule has 41 heavy (non-hydrogen) atoms. The Morgan fingerprint density at radius 1 is 1.00 bits per heavy atom. The fourth-order valence-corrected chi connectivity index (χ4v) is 5.13. The van der Waals surface area contributed by atoms with Crippen LogP contribution in [0.25, 0.3) is 5.69 Å². The topological polar surface area (TPSA) is 79.7 Å². The van der Waals surface area contributed by atoms with Gasteiger partial charge in [-0.25, -0.2) is 18.6 Å². The van der Waals surface area contributed by atoms with Crippen LogP contribution in [0.4, 0.5) is 19.4 Å². The highest BCUT2D eigenvalue weighted by molar-refractivity contribution is 5.68. The quantitative estimate of drug-likeness (QED) is 0.401. The first-order chi connectivity index (χ1) is 19.6. The van der Waals surface area contributed by atoms with E-state index in [1.165, 1.54) is 28.8 Å². The Hall–Kier alpha value is -3.79. The number of aryl methyl sites for hydroxylation is 1. The van der Waals surface area contributed by atoms with Gasteiger partial charge in [0, 0.05) is 50.0 Å². The van der Waals surface area contributed by atoms with Gasteiger partial charge in [0.1, 0.15) is 17.2 Å². The van der Waals surface area contributed by atoms with Crippen molar-refractivity contribution in [2.75, 3.05) is 37.6 Å². The number of aromatic nitrogens is 2. The summed E-state index contributed by atoms with van der Waals surface area (Å²) in [6.45, 7) is 8.00. The molecule has 3 aromatic rings. The standard InChI is InChI=1S/C31H37F2N5O3/c1-31(2,3)41-30(40)37-17-15-36(16-18-37)28-29(39)38(25-12-10-23(33)11-13-25)20-24(35-28)5-4-14-34-27-19-26(27)21-6-8-22(32)9-7-21/h6-13,20,26-27,34H,4-5,14-19H2,1-3H3/t26-,27?/m0/s1. The number of piperazine rings is 1. The van der Waals surface area contributed by atoms with Crippen LogP contribution in [0.2, 0.25) is 0 Å². The van der Waals surface area contributed by atoms with Gasteiger partial charge in [-0.1, -0.05) is 12.1 Å². The molecular weight excluding hydrogens is 528 g/mol. The van der Waals surface area contributed by atoms with E-state index in [9.17, 15) is 18.4 Å². The monoisotopic (exact) mass is 565 g/mol. The van der Waals surface area contributed by atoms with Crippen molar-refractivity contribution >= 4 is 11.9 Å². The third kappa shape index (κ3) is 7.30. The number of carbonyl (C=O) groups excluding carboxylic acids is 1. The van der Waals surface area contributed by atoms with Crippen LogP contribution in [-0.2, 0) is 11.2 Å². The van der Waals surface area contributed by atoms with E-state index in [1.54, 1.807) is 23.2 Å². The molecule has 1 unspecified atom stereocenters. The summed E-state index contributed by atoms with van der Waals surface area (Å²) >= 11 is 0. The SMILES string of the molecule is CC(C)(C)OC(=O)N1CCN(c2nc(CCCNC3C[C@H]3c3ccc(F)cc3)cn(-c3ccc(F)cc3)c2=O)CC1. The molecule has 10 heteroatoms. The molecular formula is C31H37F2N5O3. The summed E-state index contributed by atoms with van der Waals surface area (Å²) in [5.41, 5.74) is 1.60. The van der Waals surface area contributed by atoms with Gasteiger partial charge in [-0.2, -0.15) is 0 Å². The maximum Gasteiger partial charge on any atom is 0.410 e. The van der Waals surface area contributed by atoms with Crippen LogP contribution in [-0.4, -0.2) is 64.9 Å². The molecule has 1 saturated heterocycles. The highest BCUT2D eigenvalue weighted by Crippen LogP contribution is 2.40. The number of ether oxygens (including phenoxy) is 1. The van der Waals surface area contributed by atoms with Crippen molar-refractivity contribution in [2.24, 2.45) is 0 Å². The number of nitrogens with zero attached hydrogens (tertiary/aromatic N) is 4. The second-order valence-corrected chi connectivity index (χ2v) is 11.7. The number of rotatable bonds is 8. The van der Waals surface area contributed by atoms with Crippen LogP contribution >= 0.6 is 0 Å². The molecule has 1 aromatic heterocycles. The summed E-state index contributed by atoms with van der Waals surface area (Å²) in [6, 6.07) is 12.9. The van der Waals surface area contributed by atoms with Gasteiger partial charge in [-0.3, -0.25) is 9.36 Å². The number of hydrogen-bond acceptors (Lipinski definition) is 6. The largest absolute Gasteiger partial charge is 0.444 e. The van der Waals surface area contributed by atoms with Crippen molar-refractivity contribution in [3.05, 3.63) is 88.0 Å². The number of anilines is 1. The Bertz CT molecular complexity index is 1410. The third-order valence-electron chi connectivity index (χ3n) is 7.38. The normalized spacial score (nSPS) is 18.9. The molecule has 2 aliphatic rings. The van der Waals surface area contributed by atoms with Crippen LogP contribution in [0.1, 0.15) is 50.8 Å². The molecule has 1 amide bonds. The van der Waals surface area contributed by atoms with Gasteiger partial charge in [-0.05, 0) is 88.5 Å². The minimum atomic E-state index is -0.580. The van der Waals surface area contributed by atoms with E-state index in [4.69, 9.17) is 9.72 Å². The fraction of sp³-hybridized carbons (Fsp3) is 0.452. The van der Waals surface area contributed by atoms with Gasteiger partial charge >= 0.3 is 6.09 Å². The molecule has 218 valence electrons. The molecule has 0 spiro atoms. The summed E-state index contributed by atoms with van der Waals surface area (Å²) < 4.78 is 33.9. The van der Waals surface area contributed by atoms with E-state index < -0.39 is 5.60 Å². The zero-order valence-corrected chi connectivity index (χ0v) is 23.8. The lowest BCUT2D eigenvalue weighted by Crippen LogP contribution is -2.51. The summed E-state index contributed by atoms with van der Waals surface area (Å²) in [6.07, 6.45) is 3.85. The molecule has 0 bridgehead atoms. The lowest BCUT2D eigenvalue weighted by Gasteiger charge is -2.36. The lowest BCUT2D eigenvalue weighted by molar-refractivity contribution is 0.0240. The Balaban J connectivity index is 1.25. The van der Waals surface area contributed by atoms with Gasteiger partial charge in [0.2, 0.25) is 0 Å². The Morgan fingerprint density at radius 3 is 2.27 bits per heavy atom. The van der Waals surface area contributed by atoms with E-state index in [-0.39, 0.29) is 23.3 Å². The number of halogens is 2. The summed E-state index contributed by atoms with van der Waals surface area (Å²) in [7, 11) is 0. The van der Waals surface area contributed by atoms with Gasteiger partial charge < -0.3 is 19.9 Å². The molecule has 2 aromatic carbocycles. The Labute approximate surface area is 238 Å². The van der Waals surface area contributed by atoms with Crippen molar-refractivity contribution in [1.29, 1.82) is 0 Å². The maximum absolute atomic E-state index is 13.6.